The van der Waals surface area contributed by atoms with Crippen molar-refractivity contribution in [1.29, 1.82) is 0 Å². The van der Waals surface area contributed by atoms with E-state index in [4.69, 9.17) is 9.26 Å². The van der Waals surface area contributed by atoms with Gasteiger partial charge in [-0.05, 0) is 33.6 Å². The average Bonchev–Trinajstić information content (AvgIpc) is 2.79. The van der Waals surface area contributed by atoms with Gasteiger partial charge in [-0.15, -0.1) is 0 Å². The lowest BCUT2D eigenvalue weighted by atomic mass is 10.0. The number of amides is 2. The minimum Gasteiger partial charge on any atom is -0.369 e. The van der Waals surface area contributed by atoms with E-state index >= 15 is 0 Å². The molecule has 1 aliphatic rings. The van der Waals surface area contributed by atoms with Crippen LogP contribution in [-0.2, 0) is 4.74 Å². The van der Waals surface area contributed by atoms with Gasteiger partial charge in [0.25, 0.3) is 0 Å². The zero-order chi connectivity index (χ0) is 16.5. The van der Waals surface area contributed by atoms with Crippen molar-refractivity contribution in [3.63, 3.8) is 0 Å². The van der Waals surface area contributed by atoms with Gasteiger partial charge in [-0.2, -0.15) is 4.98 Å². The van der Waals surface area contributed by atoms with Gasteiger partial charge in [-0.3, -0.25) is 0 Å². The van der Waals surface area contributed by atoms with Gasteiger partial charge in [-0.25, -0.2) is 4.79 Å². The van der Waals surface area contributed by atoms with Gasteiger partial charge in [0.15, 0.2) is 5.82 Å². The van der Waals surface area contributed by atoms with Gasteiger partial charge >= 0.3 is 6.03 Å². The second-order valence-corrected chi connectivity index (χ2v) is 6.92. The predicted octanol–water partition coefficient (Wildman–Crippen LogP) is 2.28. The van der Waals surface area contributed by atoms with Crippen molar-refractivity contribution in [2.45, 2.75) is 59.3 Å². The molecule has 2 atom stereocenters. The van der Waals surface area contributed by atoms with Gasteiger partial charge in [0, 0.05) is 6.54 Å². The number of aromatic nitrogens is 2. The summed E-state index contributed by atoms with van der Waals surface area (Å²) in [5.41, 5.74) is -0.344. The smallest absolute Gasteiger partial charge is 0.318 e. The Bertz CT molecular complexity index is 527. The van der Waals surface area contributed by atoms with Crippen LogP contribution in [0.5, 0.6) is 0 Å². The van der Waals surface area contributed by atoms with Crippen LogP contribution in [-0.4, -0.2) is 45.9 Å². The highest BCUT2D eigenvalue weighted by Gasteiger charge is 2.35. The highest BCUT2D eigenvalue weighted by Crippen LogP contribution is 2.23. The fourth-order valence-corrected chi connectivity index (χ4v) is 2.79. The number of ether oxygens (including phenoxy) is 1. The van der Waals surface area contributed by atoms with Crippen LogP contribution < -0.4 is 5.32 Å². The molecule has 2 rings (SSSR count). The van der Waals surface area contributed by atoms with Crippen LogP contribution in [0.15, 0.2) is 4.52 Å². The Morgan fingerprint density at radius 3 is 2.64 bits per heavy atom. The number of morpholine rings is 1. The maximum Gasteiger partial charge on any atom is 0.318 e. The van der Waals surface area contributed by atoms with Crippen LogP contribution >= 0.6 is 0 Å². The Labute approximate surface area is 131 Å². The summed E-state index contributed by atoms with van der Waals surface area (Å²) < 4.78 is 11.1. The highest BCUT2D eigenvalue weighted by atomic mass is 16.5. The topological polar surface area (TPSA) is 80.5 Å². The molecular formula is C15H26N4O3. The number of carbonyl (C=O) groups excluding carboxylic acids is 1. The van der Waals surface area contributed by atoms with Crippen molar-refractivity contribution in [3.8, 4) is 0 Å². The molecule has 7 heteroatoms. The van der Waals surface area contributed by atoms with Crippen LogP contribution in [0.1, 0.15) is 52.4 Å². The molecular weight excluding hydrogens is 284 g/mol. The van der Waals surface area contributed by atoms with Crippen LogP contribution in [0.3, 0.4) is 0 Å². The van der Waals surface area contributed by atoms with E-state index in [0.717, 1.165) is 0 Å². The van der Waals surface area contributed by atoms with Crippen molar-refractivity contribution >= 4 is 6.03 Å². The van der Waals surface area contributed by atoms with E-state index in [1.54, 1.807) is 11.8 Å². The molecule has 0 aliphatic carbocycles. The normalized spacial score (nSPS) is 22.7. The summed E-state index contributed by atoms with van der Waals surface area (Å²) in [4.78, 5) is 18.6. The number of aryl methyl sites for hydroxylation is 1. The molecule has 124 valence electrons. The summed E-state index contributed by atoms with van der Waals surface area (Å²) in [6.07, 6.45) is 0.0117. The molecule has 1 N–H and O–H groups in total. The first kappa shape index (κ1) is 16.7. The van der Waals surface area contributed by atoms with E-state index < -0.39 is 0 Å². The van der Waals surface area contributed by atoms with E-state index in [0.29, 0.717) is 24.8 Å². The molecule has 2 unspecified atom stereocenters. The SMILES string of the molecule is Cc1noc(C(NC(=O)N2CC(C)OC(C)(C)C2)C(C)C)n1. The molecule has 0 bridgehead atoms. The number of nitrogens with one attached hydrogen (secondary N) is 1. The summed E-state index contributed by atoms with van der Waals surface area (Å²) in [5, 5.41) is 6.81. The summed E-state index contributed by atoms with van der Waals surface area (Å²) in [7, 11) is 0. The van der Waals surface area contributed by atoms with Crippen molar-refractivity contribution in [1.82, 2.24) is 20.4 Å². The lowest BCUT2D eigenvalue weighted by molar-refractivity contribution is -0.117. The van der Waals surface area contributed by atoms with Crippen LogP contribution in [0.4, 0.5) is 4.79 Å². The zero-order valence-corrected chi connectivity index (χ0v) is 14.2. The summed E-state index contributed by atoms with van der Waals surface area (Å²) in [5.74, 6) is 1.16. The Kier molecular flexibility index (Phi) is 4.75. The van der Waals surface area contributed by atoms with Crippen molar-refractivity contribution in [2.75, 3.05) is 13.1 Å². The minimum absolute atomic E-state index is 0.0117. The third kappa shape index (κ3) is 3.97. The van der Waals surface area contributed by atoms with Crippen LogP contribution in [0, 0.1) is 12.8 Å². The number of hydrogen-bond acceptors (Lipinski definition) is 5. The van der Waals surface area contributed by atoms with Gasteiger partial charge in [0.05, 0.1) is 18.2 Å². The largest absolute Gasteiger partial charge is 0.369 e. The molecule has 1 aliphatic heterocycles. The Balaban J connectivity index is 2.08. The van der Waals surface area contributed by atoms with Crippen molar-refractivity contribution < 1.29 is 14.1 Å². The predicted molar refractivity (Wildman–Crippen MR) is 81.3 cm³/mol. The number of rotatable bonds is 3. The fourth-order valence-electron chi connectivity index (χ4n) is 2.79. The molecule has 7 nitrogen and oxygen atoms in total. The van der Waals surface area contributed by atoms with Crippen molar-refractivity contribution in [3.05, 3.63) is 11.7 Å². The van der Waals surface area contributed by atoms with Crippen molar-refractivity contribution in [2.24, 2.45) is 5.92 Å². The number of nitrogens with zero attached hydrogens (tertiary/aromatic N) is 3. The average molecular weight is 310 g/mol. The third-order valence-corrected chi connectivity index (χ3v) is 3.61. The van der Waals surface area contributed by atoms with Crippen LogP contribution in [0.25, 0.3) is 0 Å². The van der Waals surface area contributed by atoms with Gasteiger partial charge in [-0.1, -0.05) is 19.0 Å². The molecule has 1 aromatic rings. The minimum atomic E-state index is -0.344. The first-order chi connectivity index (χ1) is 10.2. The zero-order valence-electron chi connectivity index (χ0n) is 14.2. The Morgan fingerprint density at radius 1 is 1.45 bits per heavy atom. The molecule has 1 saturated heterocycles. The quantitative estimate of drug-likeness (QED) is 0.926. The maximum absolute atomic E-state index is 12.6. The molecule has 0 radical (unpaired) electrons. The second-order valence-electron chi connectivity index (χ2n) is 6.92. The molecule has 2 amide bonds. The van der Waals surface area contributed by atoms with Gasteiger partial charge < -0.3 is 19.5 Å². The van der Waals surface area contributed by atoms with Gasteiger partial charge in [0.1, 0.15) is 6.04 Å². The molecule has 1 fully saturated rings. The summed E-state index contributed by atoms with van der Waals surface area (Å²) in [6, 6.07) is -0.423. The molecule has 0 aromatic carbocycles. The first-order valence-corrected chi connectivity index (χ1v) is 7.71. The number of carbonyl (C=O) groups is 1. The lowest BCUT2D eigenvalue weighted by Gasteiger charge is -2.42. The lowest BCUT2D eigenvalue weighted by Crippen LogP contribution is -2.56. The monoisotopic (exact) mass is 310 g/mol. The standard InChI is InChI=1S/C15H26N4O3/c1-9(2)12(13-16-11(4)18-22-13)17-14(20)19-7-10(3)21-15(5,6)8-19/h9-10,12H,7-8H2,1-6H3,(H,17,20). The molecule has 1 aromatic heterocycles. The van der Waals surface area contributed by atoms with E-state index in [-0.39, 0.29) is 29.7 Å². The molecule has 2 heterocycles. The maximum atomic E-state index is 12.6. The summed E-state index contributed by atoms with van der Waals surface area (Å²) >= 11 is 0. The van der Waals surface area contributed by atoms with Crippen LogP contribution in [0.2, 0.25) is 0 Å². The summed E-state index contributed by atoms with van der Waals surface area (Å²) in [6.45, 7) is 12.9. The van der Waals surface area contributed by atoms with E-state index in [1.807, 2.05) is 34.6 Å². The third-order valence-electron chi connectivity index (χ3n) is 3.61. The highest BCUT2D eigenvalue weighted by molar-refractivity contribution is 5.74. The fraction of sp³-hybridized carbons (Fsp3) is 0.800. The molecule has 0 saturated carbocycles. The first-order valence-electron chi connectivity index (χ1n) is 7.71. The molecule has 0 spiro atoms. The van der Waals surface area contributed by atoms with E-state index in [9.17, 15) is 4.79 Å². The van der Waals surface area contributed by atoms with E-state index in [1.165, 1.54) is 0 Å². The van der Waals surface area contributed by atoms with Gasteiger partial charge in [0.2, 0.25) is 5.89 Å². The van der Waals surface area contributed by atoms with E-state index in [2.05, 4.69) is 15.5 Å². The molecule has 22 heavy (non-hydrogen) atoms. The number of hydrogen-bond donors (Lipinski definition) is 1. The number of urea groups is 1. The second kappa shape index (κ2) is 6.24. The Morgan fingerprint density at radius 2 is 2.14 bits per heavy atom. The Hall–Kier alpha value is -1.63.